The third kappa shape index (κ3) is 3.95. The molecule has 1 unspecified atom stereocenters. The molecule has 0 aliphatic carbocycles. The van der Waals surface area contributed by atoms with E-state index >= 15 is 0 Å². The third-order valence-electron chi connectivity index (χ3n) is 3.66. The predicted octanol–water partition coefficient (Wildman–Crippen LogP) is 2.88. The highest BCUT2D eigenvalue weighted by Crippen LogP contribution is 2.17. The Morgan fingerprint density at radius 1 is 1.29 bits per heavy atom. The van der Waals surface area contributed by atoms with E-state index < -0.39 is 0 Å². The van der Waals surface area contributed by atoms with Crippen molar-refractivity contribution in [2.24, 2.45) is 0 Å². The zero-order chi connectivity index (χ0) is 14.5. The molecule has 2 heterocycles. The molecule has 0 saturated carbocycles. The number of aromatic nitrogens is 2. The first-order valence-electron chi connectivity index (χ1n) is 7.24. The van der Waals surface area contributed by atoms with Crippen LogP contribution in [-0.4, -0.2) is 34.2 Å². The second kappa shape index (κ2) is 6.91. The van der Waals surface area contributed by atoms with E-state index in [-0.39, 0.29) is 5.88 Å². The molecule has 0 spiro atoms. The van der Waals surface area contributed by atoms with Crippen LogP contribution in [-0.2, 0) is 12.4 Å². The average molecular weight is 307 g/mol. The number of likely N-dealkylation sites (tertiary alicyclic amines) is 1. The maximum Gasteiger partial charge on any atom is 0.315 e. The Bertz CT molecular complexity index is 560. The van der Waals surface area contributed by atoms with Crippen LogP contribution in [0.3, 0.4) is 0 Å². The van der Waals surface area contributed by atoms with Gasteiger partial charge in [-0.15, -0.1) is 16.7 Å². The van der Waals surface area contributed by atoms with E-state index in [1.807, 2.05) is 6.07 Å². The molecule has 0 radical (unpaired) electrons. The topological polar surface area (TPSA) is 54.2 Å². The zero-order valence-electron chi connectivity index (χ0n) is 11.8. The van der Waals surface area contributed by atoms with E-state index in [1.54, 1.807) is 0 Å². The molecule has 21 heavy (non-hydrogen) atoms. The zero-order valence-corrected chi connectivity index (χ0v) is 12.6. The van der Waals surface area contributed by atoms with Gasteiger partial charge in [0.2, 0.25) is 5.89 Å². The predicted molar refractivity (Wildman–Crippen MR) is 82.2 cm³/mol. The standard InChI is InChI=1S/C15H19ClN4O/c16-9-14-18-19-15(21-14)17-13-7-4-8-20(11-13)10-12-5-2-1-3-6-12/h1-3,5-6,13H,4,7-11H2,(H,17,19). The number of piperidine rings is 1. The summed E-state index contributed by atoms with van der Waals surface area (Å²) in [5.41, 5.74) is 1.35. The summed E-state index contributed by atoms with van der Waals surface area (Å²) in [4.78, 5) is 2.45. The fourth-order valence-electron chi connectivity index (χ4n) is 2.70. The van der Waals surface area contributed by atoms with E-state index in [9.17, 15) is 0 Å². The van der Waals surface area contributed by atoms with Gasteiger partial charge < -0.3 is 9.73 Å². The summed E-state index contributed by atoms with van der Waals surface area (Å²) in [6.45, 7) is 3.09. The van der Waals surface area contributed by atoms with Crippen LogP contribution >= 0.6 is 11.6 Å². The van der Waals surface area contributed by atoms with E-state index in [0.29, 0.717) is 17.9 Å². The van der Waals surface area contributed by atoms with Gasteiger partial charge in [-0.1, -0.05) is 35.4 Å². The summed E-state index contributed by atoms with van der Waals surface area (Å²) in [6, 6.07) is 11.4. The van der Waals surface area contributed by atoms with Crippen molar-refractivity contribution in [2.45, 2.75) is 31.3 Å². The fraction of sp³-hybridized carbons (Fsp3) is 0.467. The minimum absolute atomic E-state index is 0.249. The summed E-state index contributed by atoms with van der Waals surface area (Å²) in [5, 5.41) is 11.1. The molecule has 5 nitrogen and oxygen atoms in total. The molecule has 1 atom stereocenters. The van der Waals surface area contributed by atoms with Gasteiger partial charge >= 0.3 is 6.01 Å². The summed E-state index contributed by atoms with van der Waals surface area (Å²) in [7, 11) is 0. The summed E-state index contributed by atoms with van der Waals surface area (Å²) in [6.07, 6.45) is 2.28. The number of nitrogens with zero attached hydrogens (tertiary/aromatic N) is 3. The number of benzene rings is 1. The van der Waals surface area contributed by atoms with Crippen LogP contribution in [0, 0.1) is 0 Å². The lowest BCUT2D eigenvalue weighted by Crippen LogP contribution is -2.41. The molecular formula is C15H19ClN4O. The summed E-state index contributed by atoms with van der Waals surface area (Å²) in [5.74, 6) is 0.704. The van der Waals surface area contributed by atoms with Gasteiger partial charge in [0.05, 0.1) is 0 Å². The second-order valence-corrected chi connectivity index (χ2v) is 5.61. The number of alkyl halides is 1. The third-order valence-corrected chi connectivity index (χ3v) is 3.89. The number of nitrogens with one attached hydrogen (secondary N) is 1. The van der Waals surface area contributed by atoms with Crippen molar-refractivity contribution in [3.63, 3.8) is 0 Å². The average Bonchev–Trinajstić information content (AvgIpc) is 2.96. The van der Waals surface area contributed by atoms with Gasteiger partial charge in [0.25, 0.3) is 0 Å². The van der Waals surface area contributed by atoms with Crippen LogP contribution in [0.2, 0.25) is 0 Å². The Labute approximate surface area is 129 Å². The number of rotatable bonds is 5. The smallest absolute Gasteiger partial charge is 0.315 e. The van der Waals surface area contributed by atoms with Gasteiger partial charge in [0.15, 0.2) is 0 Å². The molecule has 1 saturated heterocycles. The molecule has 1 aliphatic heterocycles. The van der Waals surface area contributed by atoms with Gasteiger partial charge in [-0.3, -0.25) is 4.90 Å². The quantitative estimate of drug-likeness (QED) is 0.861. The van der Waals surface area contributed by atoms with Gasteiger partial charge in [0.1, 0.15) is 5.88 Å². The van der Waals surface area contributed by atoms with Gasteiger partial charge in [0, 0.05) is 19.1 Å². The van der Waals surface area contributed by atoms with Crippen LogP contribution in [0.5, 0.6) is 0 Å². The lowest BCUT2D eigenvalue weighted by Gasteiger charge is -2.32. The molecule has 6 heteroatoms. The van der Waals surface area contributed by atoms with Crippen molar-refractivity contribution in [3.05, 3.63) is 41.8 Å². The maximum absolute atomic E-state index is 5.66. The molecule has 1 aliphatic rings. The van der Waals surface area contributed by atoms with Crippen molar-refractivity contribution in [2.75, 3.05) is 18.4 Å². The molecule has 1 aromatic heterocycles. The highest BCUT2D eigenvalue weighted by atomic mass is 35.5. The monoisotopic (exact) mass is 306 g/mol. The number of halogens is 1. The van der Waals surface area contributed by atoms with Gasteiger partial charge in [-0.2, -0.15) is 0 Å². The Morgan fingerprint density at radius 3 is 2.90 bits per heavy atom. The highest BCUT2D eigenvalue weighted by molar-refractivity contribution is 6.16. The van der Waals surface area contributed by atoms with Crippen LogP contribution in [0.1, 0.15) is 24.3 Å². The van der Waals surface area contributed by atoms with E-state index in [1.165, 1.54) is 12.0 Å². The second-order valence-electron chi connectivity index (χ2n) is 5.34. The van der Waals surface area contributed by atoms with Gasteiger partial charge in [-0.05, 0) is 24.9 Å². The first kappa shape index (κ1) is 14.4. The Kier molecular flexibility index (Phi) is 4.72. The number of hydrogen-bond acceptors (Lipinski definition) is 5. The number of hydrogen-bond donors (Lipinski definition) is 1. The van der Waals surface area contributed by atoms with E-state index in [2.05, 4.69) is 44.7 Å². The van der Waals surface area contributed by atoms with Crippen LogP contribution in [0.4, 0.5) is 6.01 Å². The molecule has 1 aromatic carbocycles. The SMILES string of the molecule is ClCc1nnc(NC2CCCN(Cc3ccccc3)C2)o1. The molecule has 3 rings (SSSR count). The van der Waals surface area contributed by atoms with Crippen molar-refractivity contribution in [3.8, 4) is 0 Å². The van der Waals surface area contributed by atoms with E-state index in [0.717, 1.165) is 26.1 Å². The maximum atomic E-state index is 5.66. The lowest BCUT2D eigenvalue weighted by molar-refractivity contribution is 0.207. The molecule has 1 N–H and O–H groups in total. The number of anilines is 1. The minimum atomic E-state index is 0.249. The first-order chi connectivity index (χ1) is 10.3. The Balaban J connectivity index is 1.55. The van der Waals surface area contributed by atoms with Crippen molar-refractivity contribution < 1.29 is 4.42 Å². The highest BCUT2D eigenvalue weighted by Gasteiger charge is 2.21. The van der Waals surface area contributed by atoms with Gasteiger partial charge in [-0.25, -0.2) is 0 Å². The molecule has 112 valence electrons. The van der Waals surface area contributed by atoms with Crippen molar-refractivity contribution in [1.82, 2.24) is 15.1 Å². The van der Waals surface area contributed by atoms with Crippen LogP contribution < -0.4 is 5.32 Å². The summed E-state index contributed by atoms with van der Waals surface area (Å²) >= 11 is 5.66. The van der Waals surface area contributed by atoms with E-state index in [4.69, 9.17) is 16.0 Å². The van der Waals surface area contributed by atoms with Crippen molar-refractivity contribution in [1.29, 1.82) is 0 Å². The molecule has 1 fully saturated rings. The largest absolute Gasteiger partial charge is 0.407 e. The van der Waals surface area contributed by atoms with Crippen LogP contribution in [0.25, 0.3) is 0 Å². The Hall–Kier alpha value is -1.59. The molecular weight excluding hydrogens is 288 g/mol. The normalized spacial score (nSPS) is 19.6. The lowest BCUT2D eigenvalue weighted by atomic mass is 10.0. The molecule has 0 amide bonds. The fourth-order valence-corrected chi connectivity index (χ4v) is 2.81. The molecule has 2 aromatic rings. The minimum Gasteiger partial charge on any atom is -0.407 e. The first-order valence-corrected chi connectivity index (χ1v) is 7.78. The summed E-state index contributed by atoms with van der Waals surface area (Å²) < 4.78 is 5.41. The van der Waals surface area contributed by atoms with Crippen molar-refractivity contribution >= 4 is 17.6 Å². The molecule has 0 bridgehead atoms. The Morgan fingerprint density at radius 2 is 2.14 bits per heavy atom. The van der Waals surface area contributed by atoms with Crippen LogP contribution in [0.15, 0.2) is 34.7 Å².